The number of benzene rings is 2. The Hall–Kier alpha value is -2.89. The van der Waals surface area contributed by atoms with Crippen LogP contribution in [0.4, 0.5) is 0 Å². The van der Waals surface area contributed by atoms with Gasteiger partial charge in [0.25, 0.3) is 0 Å². The molecule has 0 spiro atoms. The summed E-state index contributed by atoms with van der Waals surface area (Å²) in [4.78, 5) is 14.9. The van der Waals surface area contributed by atoms with E-state index in [1.165, 1.54) is 27.6 Å². The van der Waals surface area contributed by atoms with Crippen molar-refractivity contribution in [3.8, 4) is 0 Å². The summed E-state index contributed by atoms with van der Waals surface area (Å²) in [6.07, 6.45) is 2.69. The molecular weight excluding hydrogens is 402 g/mol. The zero-order valence-corrected chi connectivity index (χ0v) is 18.9. The second-order valence-corrected chi connectivity index (χ2v) is 8.96. The maximum atomic E-state index is 12.8. The van der Waals surface area contributed by atoms with Gasteiger partial charge in [0.1, 0.15) is 0 Å². The summed E-state index contributed by atoms with van der Waals surface area (Å²) in [7, 11) is 4.03. The molecule has 0 saturated carbocycles. The molecule has 0 fully saturated rings. The Kier molecular flexibility index (Phi) is 6.85. The Morgan fingerprint density at radius 3 is 2.58 bits per heavy atom. The summed E-state index contributed by atoms with van der Waals surface area (Å²) in [5.74, 6) is 0.130. The van der Waals surface area contributed by atoms with E-state index in [2.05, 4.69) is 86.3 Å². The fraction of sp³-hybridized carbons (Fsp3) is 0.269. The molecule has 2 aromatic heterocycles. The molecule has 5 heteroatoms. The average molecular weight is 432 g/mol. The number of hydrogen-bond acceptors (Lipinski definition) is 3. The van der Waals surface area contributed by atoms with Crippen LogP contribution in [-0.4, -0.2) is 42.6 Å². The van der Waals surface area contributed by atoms with E-state index in [4.69, 9.17) is 0 Å². The van der Waals surface area contributed by atoms with Crippen molar-refractivity contribution in [3.05, 3.63) is 94.3 Å². The van der Waals surface area contributed by atoms with E-state index in [-0.39, 0.29) is 11.8 Å². The molecule has 1 amide bonds. The van der Waals surface area contributed by atoms with E-state index in [0.29, 0.717) is 13.0 Å². The molecule has 1 N–H and O–H groups in total. The average Bonchev–Trinajstić information content (AvgIpc) is 3.42. The predicted octanol–water partition coefficient (Wildman–Crippen LogP) is 4.95. The Labute approximate surface area is 188 Å². The second-order valence-electron chi connectivity index (χ2n) is 8.18. The molecule has 0 bridgehead atoms. The summed E-state index contributed by atoms with van der Waals surface area (Å²) in [6, 6.07) is 21.2. The quantitative estimate of drug-likeness (QED) is 0.407. The van der Waals surface area contributed by atoms with Crippen molar-refractivity contribution in [2.24, 2.45) is 0 Å². The van der Waals surface area contributed by atoms with Gasteiger partial charge in [-0.05, 0) is 53.7 Å². The van der Waals surface area contributed by atoms with E-state index in [0.717, 1.165) is 13.1 Å². The topological polar surface area (TPSA) is 37.3 Å². The molecule has 4 aromatic rings. The molecule has 160 valence electrons. The van der Waals surface area contributed by atoms with Gasteiger partial charge in [-0.1, -0.05) is 48.5 Å². The van der Waals surface area contributed by atoms with E-state index in [1.807, 2.05) is 20.2 Å². The van der Waals surface area contributed by atoms with Crippen LogP contribution < -0.4 is 5.32 Å². The van der Waals surface area contributed by atoms with Crippen LogP contribution in [0.5, 0.6) is 0 Å². The lowest BCUT2D eigenvalue weighted by atomic mass is 9.89. The Bertz CT molecular complexity index is 1120. The number of likely N-dealkylation sites (N-methyl/N-ethyl adjacent to an activating group) is 1. The standard InChI is InChI=1S/C26H29N3OS/c1-28(2)14-13-27-26(30)16-23(21-12-15-31-19-21)24-18-29(17-20-8-4-3-5-9-20)25-11-7-6-10-22(24)25/h3-12,15,18-19,23H,13-14,16-17H2,1-2H3,(H,27,30). The van der Waals surface area contributed by atoms with Crippen molar-refractivity contribution in [1.82, 2.24) is 14.8 Å². The van der Waals surface area contributed by atoms with E-state index >= 15 is 0 Å². The first-order valence-corrected chi connectivity index (χ1v) is 11.6. The Morgan fingerprint density at radius 1 is 1.06 bits per heavy atom. The van der Waals surface area contributed by atoms with Crippen LogP contribution in [0.2, 0.25) is 0 Å². The molecule has 0 radical (unpaired) electrons. The minimum Gasteiger partial charge on any atom is -0.355 e. The zero-order chi connectivity index (χ0) is 21.6. The summed E-state index contributed by atoms with van der Waals surface area (Å²) >= 11 is 1.68. The van der Waals surface area contributed by atoms with Crippen molar-refractivity contribution in [2.45, 2.75) is 18.9 Å². The lowest BCUT2D eigenvalue weighted by Crippen LogP contribution is -2.32. The molecule has 0 saturated heterocycles. The van der Waals surface area contributed by atoms with Gasteiger partial charge in [0.2, 0.25) is 5.91 Å². The molecule has 0 aliphatic heterocycles. The number of rotatable bonds is 9. The van der Waals surface area contributed by atoms with Crippen molar-refractivity contribution in [2.75, 3.05) is 27.2 Å². The summed E-state index contributed by atoms with van der Waals surface area (Å²) in [5, 5.41) is 8.57. The number of fused-ring (bicyclic) bond motifs is 1. The molecule has 2 aromatic carbocycles. The number of carbonyl (C=O) groups is 1. The highest BCUT2D eigenvalue weighted by molar-refractivity contribution is 7.08. The van der Waals surface area contributed by atoms with Crippen LogP contribution in [0, 0.1) is 0 Å². The molecule has 4 nitrogen and oxygen atoms in total. The molecular formula is C26H29N3OS. The fourth-order valence-corrected chi connectivity index (χ4v) is 4.74. The molecule has 4 rings (SSSR count). The van der Waals surface area contributed by atoms with Gasteiger partial charge in [0, 0.05) is 49.1 Å². The van der Waals surface area contributed by atoms with Gasteiger partial charge in [-0.25, -0.2) is 0 Å². The Morgan fingerprint density at radius 2 is 1.84 bits per heavy atom. The van der Waals surface area contributed by atoms with Crippen molar-refractivity contribution in [3.63, 3.8) is 0 Å². The minimum absolute atomic E-state index is 0.0347. The van der Waals surface area contributed by atoms with Crippen molar-refractivity contribution >= 4 is 28.1 Å². The molecule has 31 heavy (non-hydrogen) atoms. The van der Waals surface area contributed by atoms with Gasteiger partial charge < -0.3 is 14.8 Å². The summed E-state index contributed by atoms with van der Waals surface area (Å²) < 4.78 is 2.31. The second kappa shape index (κ2) is 9.94. The number of nitrogens with one attached hydrogen (secondary N) is 1. The maximum absolute atomic E-state index is 12.8. The van der Waals surface area contributed by atoms with Gasteiger partial charge in [0.05, 0.1) is 0 Å². The largest absolute Gasteiger partial charge is 0.355 e. The number of carbonyl (C=O) groups excluding carboxylic acids is 1. The molecule has 0 aliphatic carbocycles. The van der Waals surface area contributed by atoms with Gasteiger partial charge in [0.15, 0.2) is 0 Å². The van der Waals surface area contributed by atoms with Gasteiger partial charge >= 0.3 is 0 Å². The smallest absolute Gasteiger partial charge is 0.220 e. The summed E-state index contributed by atoms with van der Waals surface area (Å²) in [6.45, 7) is 2.32. The van der Waals surface area contributed by atoms with Gasteiger partial charge in [-0.15, -0.1) is 0 Å². The van der Waals surface area contributed by atoms with Crippen LogP contribution in [0.15, 0.2) is 77.6 Å². The van der Waals surface area contributed by atoms with Gasteiger partial charge in [-0.2, -0.15) is 11.3 Å². The lowest BCUT2D eigenvalue weighted by molar-refractivity contribution is -0.121. The lowest BCUT2D eigenvalue weighted by Gasteiger charge is -2.16. The fourth-order valence-electron chi connectivity index (χ4n) is 4.02. The third kappa shape index (κ3) is 5.24. The third-order valence-electron chi connectivity index (χ3n) is 5.61. The van der Waals surface area contributed by atoms with Gasteiger partial charge in [-0.3, -0.25) is 4.79 Å². The number of para-hydroxylation sites is 1. The first kappa shape index (κ1) is 21.3. The van der Waals surface area contributed by atoms with Crippen LogP contribution in [0.1, 0.15) is 29.0 Å². The molecule has 1 unspecified atom stereocenters. The van der Waals surface area contributed by atoms with E-state index < -0.39 is 0 Å². The highest BCUT2D eigenvalue weighted by atomic mass is 32.1. The monoisotopic (exact) mass is 431 g/mol. The normalized spacial score (nSPS) is 12.4. The molecule has 0 aliphatic rings. The van der Waals surface area contributed by atoms with Crippen LogP contribution in [0.25, 0.3) is 10.9 Å². The summed E-state index contributed by atoms with van der Waals surface area (Å²) in [5.41, 5.74) is 4.89. The number of hydrogen-bond donors (Lipinski definition) is 1. The third-order valence-corrected chi connectivity index (χ3v) is 6.31. The molecule has 2 heterocycles. The number of thiophene rings is 1. The first-order valence-electron chi connectivity index (χ1n) is 10.7. The molecule has 1 atom stereocenters. The highest BCUT2D eigenvalue weighted by Crippen LogP contribution is 2.36. The van der Waals surface area contributed by atoms with Crippen molar-refractivity contribution in [1.29, 1.82) is 0 Å². The maximum Gasteiger partial charge on any atom is 0.220 e. The van der Waals surface area contributed by atoms with Crippen molar-refractivity contribution < 1.29 is 4.79 Å². The van der Waals surface area contributed by atoms with E-state index in [1.54, 1.807) is 11.3 Å². The van der Waals surface area contributed by atoms with E-state index in [9.17, 15) is 4.79 Å². The predicted molar refractivity (Wildman–Crippen MR) is 130 cm³/mol. The number of amides is 1. The SMILES string of the molecule is CN(C)CCNC(=O)CC(c1ccsc1)c1cn(Cc2ccccc2)c2ccccc12. The first-order chi connectivity index (χ1) is 15.1. The number of nitrogens with zero attached hydrogens (tertiary/aromatic N) is 2. The van der Waals surface area contributed by atoms with Crippen LogP contribution >= 0.6 is 11.3 Å². The van der Waals surface area contributed by atoms with Crippen LogP contribution in [0.3, 0.4) is 0 Å². The zero-order valence-electron chi connectivity index (χ0n) is 18.1. The minimum atomic E-state index is 0.0347. The van der Waals surface area contributed by atoms with Crippen LogP contribution in [-0.2, 0) is 11.3 Å². The number of aromatic nitrogens is 1. The Balaban J connectivity index is 1.66. The highest BCUT2D eigenvalue weighted by Gasteiger charge is 2.23.